The molecule has 0 atom stereocenters. The van der Waals surface area contributed by atoms with Crippen LogP contribution in [-0.2, 0) is 10.0 Å². The Hall–Kier alpha value is -3.81. The molecular formula is C25H18ClNO5S. The number of carbonyl (C=O) groups is 1. The first kappa shape index (κ1) is 22.4. The lowest BCUT2D eigenvalue weighted by molar-refractivity contribution is 0.0698. The summed E-state index contributed by atoms with van der Waals surface area (Å²) in [5, 5.41) is 20.1. The highest BCUT2D eigenvalue weighted by Gasteiger charge is 2.20. The second-order valence-corrected chi connectivity index (χ2v) is 9.34. The van der Waals surface area contributed by atoms with E-state index in [1.54, 1.807) is 24.3 Å². The molecule has 0 fully saturated rings. The van der Waals surface area contributed by atoms with Gasteiger partial charge in [-0.15, -0.1) is 0 Å². The molecule has 4 aromatic carbocycles. The summed E-state index contributed by atoms with van der Waals surface area (Å²) >= 11 is 5.88. The van der Waals surface area contributed by atoms with Crippen LogP contribution < -0.4 is 4.72 Å². The number of hydrogen-bond acceptors (Lipinski definition) is 4. The third-order valence-corrected chi connectivity index (χ3v) is 6.65. The molecule has 0 aliphatic rings. The fraction of sp³-hybridized carbons (Fsp3) is 0. The Balaban J connectivity index is 1.70. The number of anilines is 1. The minimum atomic E-state index is -4.08. The molecular weight excluding hydrogens is 462 g/mol. The van der Waals surface area contributed by atoms with Crippen LogP contribution in [0, 0.1) is 0 Å². The molecule has 0 saturated carbocycles. The van der Waals surface area contributed by atoms with Crippen LogP contribution in [0.25, 0.3) is 22.3 Å². The first-order chi connectivity index (χ1) is 15.7. The highest BCUT2D eigenvalue weighted by atomic mass is 35.5. The zero-order valence-corrected chi connectivity index (χ0v) is 18.6. The molecule has 0 aliphatic carbocycles. The van der Waals surface area contributed by atoms with Crippen LogP contribution in [0.1, 0.15) is 10.4 Å². The van der Waals surface area contributed by atoms with E-state index in [1.807, 2.05) is 30.3 Å². The molecule has 33 heavy (non-hydrogen) atoms. The topological polar surface area (TPSA) is 104 Å². The molecule has 3 N–H and O–H groups in total. The summed E-state index contributed by atoms with van der Waals surface area (Å²) in [5.74, 6) is -1.41. The van der Waals surface area contributed by atoms with E-state index in [1.165, 1.54) is 36.4 Å². The Bertz CT molecular complexity index is 1440. The van der Waals surface area contributed by atoms with Gasteiger partial charge in [-0.1, -0.05) is 60.1 Å². The van der Waals surface area contributed by atoms with Crippen LogP contribution in [0.3, 0.4) is 0 Å². The molecule has 0 amide bonds. The van der Waals surface area contributed by atoms with Gasteiger partial charge in [-0.3, -0.25) is 4.72 Å². The number of carboxylic acids is 1. The van der Waals surface area contributed by atoms with Crippen molar-refractivity contribution in [1.29, 1.82) is 0 Å². The lowest BCUT2D eigenvalue weighted by atomic mass is 10.0. The van der Waals surface area contributed by atoms with Gasteiger partial charge in [0.25, 0.3) is 10.0 Å². The molecule has 0 aliphatic heterocycles. The fourth-order valence-corrected chi connectivity index (χ4v) is 4.63. The number of benzene rings is 4. The van der Waals surface area contributed by atoms with E-state index >= 15 is 0 Å². The van der Waals surface area contributed by atoms with Crippen molar-refractivity contribution in [3.05, 3.63) is 102 Å². The summed E-state index contributed by atoms with van der Waals surface area (Å²) in [6, 6.07) is 24.4. The molecule has 0 radical (unpaired) electrons. The standard InChI is InChI=1S/C25H18ClNO5S/c26-19-9-13-21(24(28)15-19)18-8-12-22(25(29)30)23(14-18)27-33(31,32)20-10-6-17(7-11-20)16-4-2-1-3-5-16/h1-15,27-28H,(H,29,30). The largest absolute Gasteiger partial charge is 0.507 e. The number of halogens is 1. The average Bonchev–Trinajstić information content (AvgIpc) is 2.79. The first-order valence-electron chi connectivity index (χ1n) is 9.79. The van der Waals surface area contributed by atoms with Crippen molar-refractivity contribution in [1.82, 2.24) is 0 Å². The lowest BCUT2D eigenvalue weighted by Crippen LogP contribution is -2.15. The molecule has 0 heterocycles. The predicted molar refractivity (Wildman–Crippen MR) is 128 cm³/mol. The van der Waals surface area contributed by atoms with Gasteiger partial charge in [0.05, 0.1) is 16.1 Å². The predicted octanol–water partition coefficient (Wildman–Crippen LogP) is 5.88. The molecule has 0 saturated heterocycles. The van der Waals surface area contributed by atoms with Gasteiger partial charge in [0.15, 0.2) is 0 Å². The molecule has 0 spiro atoms. The number of carboxylic acid groups (broad SMARTS) is 1. The van der Waals surface area contributed by atoms with Crippen LogP contribution in [0.5, 0.6) is 5.75 Å². The van der Waals surface area contributed by atoms with Gasteiger partial charge in [0.1, 0.15) is 5.75 Å². The quantitative estimate of drug-likeness (QED) is 0.320. The van der Waals surface area contributed by atoms with E-state index < -0.39 is 16.0 Å². The van der Waals surface area contributed by atoms with Gasteiger partial charge in [-0.25, -0.2) is 13.2 Å². The lowest BCUT2D eigenvalue weighted by Gasteiger charge is -2.14. The molecule has 6 nitrogen and oxygen atoms in total. The zero-order valence-electron chi connectivity index (χ0n) is 17.1. The molecule has 0 bridgehead atoms. The number of aromatic carboxylic acids is 1. The van der Waals surface area contributed by atoms with Gasteiger partial charge >= 0.3 is 5.97 Å². The van der Waals surface area contributed by atoms with Gasteiger partial charge in [0, 0.05) is 10.6 Å². The van der Waals surface area contributed by atoms with Gasteiger partial charge in [0.2, 0.25) is 0 Å². The number of nitrogens with one attached hydrogen (secondary N) is 1. The van der Waals surface area contributed by atoms with Crippen molar-refractivity contribution in [3.63, 3.8) is 0 Å². The maximum Gasteiger partial charge on any atom is 0.337 e. The van der Waals surface area contributed by atoms with E-state index in [9.17, 15) is 23.4 Å². The van der Waals surface area contributed by atoms with Crippen molar-refractivity contribution in [3.8, 4) is 28.0 Å². The van der Waals surface area contributed by atoms with Crippen LogP contribution in [0.15, 0.2) is 95.9 Å². The van der Waals surface area contributed by atoms with Crippen LogP contribution in [0.4, 0.5) is 5.69 Å². The number of aromatic hydroxyl groups is 1. The number of hydrogen-bond donors (Lipinski definition) is 3. The van der Waals surface area contributed by atoms with E-state index in [0.29, 0.717) is 16.1 Å². The maximum atomic E-state index is 13.0. The van der Waals surface area contributed by atoms with Crippen LogP contribution >= 0.6 is 11.6 Å². The number of rotatable bonds is 6. The number of phenolic OH excluding ortho intramolecular Hbond substituents is 1. The van der Waals surface area contributed by atoms with Crippen molar-refractivity contribution < 1.29 is 23.4 Å². The summed E-state index contributed by atoms with van der Waals surface area (Å²) in [6.07, 6.45) is 0. The summed E-state index contributed by atoms with van der Waals surface area (Å²) in [7, 11) is -4.08. The Morgan fingerprint density at radius 3 is 2.06 bits per heavy atom. The Labute approximate surface area is 195 Å². The van der Waals surface area contributed by atoms with Gasteiger partial charge in [-0.2, -0.15) is 0 Å². The number of phenols is 1. The highest BCUT2D eigenvalue weighted by molar-refractivity contribution is 7.92. The molecule has 0 aromatic heterocycles. The molecule has 4 rings (SSSR count). The second kappa shape index (κ2) is 8.97. The summed E-state index contributed by atoms with van der Waals surface area (Å²) in [4.78, 5) is 11.7. The van der Waals surface area contributed by atoms with Crippen molar-refractivity contribution in [2.75, 3.05) is 4.72 Å². The Morgan fingerprint density at radius 2 is 1.42 bits per heavy atom. The minimum Gasteiger partial charge on any atom is -0.507 e. The highest BCUT2D eigenvalue weighted by Crippen LogP contribution is 2.34. The maximum absolute atomic E-state index is 13.0. The Kier molecular flexibility index (Phi) is 6.09. The van der Waals surface area contributed by atoms with E-state index in [2.05, 4.69) is 4.72 Å². The first-order valence-corrected chi connectivity index (χ1v) is 11.7. The summed E-state index contributed by atoms with van der Waals surface area (Å²) < 4.78 is 28.4. The van der Waals surface area contributed by atoms with Crippen LogP contribution in [-0.4, -0.2) is 24.6 Å². The smallest absolute Gasteiger partial charge is 0.337 e. The van der Waals surface area contributed by atoms with Gasteiger partial charge in [-0.05, 0) is 59.2 Å². The average molecular weight is 480 g/mol. The van der Waals surface area contributed by atoms with E-state index in [4.69, 9.17) is 11.6 Å². The summed E-state index contributed by atoms with van der Waals surface area (Å²) in [6.45, 7) is 0. The number of sulfonamides is 1. The fourth-order valence-electron chi connectivity index (χ4n) is 3.39. The van der Waals surface area contributed by atoms with Crippen LogP contribution in [0.2, 0.25) is 5.02 Å². The van der Waals surface area contributed by atoms with Crippen molar-refractivity contribution in [2.45, 2.75) is 4.90 Å². The Morgan fingerprint density at radius 1 is 0.788 bits per heavy atom. The van der Waals surface area contributed by atoms with Gasteiger partial charge < -0.3 is 10.2 Å². The minimum absolute atomic E-state index is 0.0155. The molecule has 166 valence electrons. The summed E-state index contributed by atoms with van der Waals surface area (Å²) in [5.41, 5.74) is 2.24. The SMILES string of the molecule is O=C(O)c1ccc(-c2ccc(Cl)cc2O)cc1NS(=O)(=O)c1ccc(-c2ccccc2)cc1. The van der Waals surface area contributed by atoms with Crippen molar-refractivity contribution in [2.24, 2.45) is 0 Å². The van der Waals surface area contributed by atoms with E-state index in [-0.39, 0.29) is 21.9 Å². The molecule has 8 heteroatoms. The molecule has 4 aromatic rings. The second-order valence-electron chi connectivity index (χ2n) is 7.22. The zero-order chi connectivity index (χ0) is 23.6. The normalized spacial score (nSPS) is 11.2. The van der Waals surface area contributed by atoms with Crippen molar-refractivity contribution >= 4 is 33.3 Å². The molecule has 0 unspecified atom stereocenters. The third kappa shape index (κ3) is 4.84. The third-order valence-electron chi connectivity index (χ3n) is 5.04. The monoisotopic (exact) mass is 479 g/mol. The van der Waals surface area contributed by atoms with E-state index in [0.717, 1.165) is 11.1 Å².